The first-order chi connectivity index (χ1) is 13.5. The predicted molar refractivity (Wildman–Crippen MR) is 109 cm³/mol. The number of ether oxygens (including phenoxy) is 1. The first-order valence-electron chi connectivity index (χ1n) is 10.3. The van der Waals surface area contributed by atoms with E-state index in [1.807, 2.05) is 30.3 Å². The molecule has 1 aromatic rings. The molecule has 0 aliphatic carbocycles. The number of carbonyl (C=O) groups excluding carboxylic acids is 3. The molecule has 0 bridgehead atoms. The molecule has 1 rings (SSSR count). The molecule has 1 aromatic carbocycles. The van der Waals surface area contributed by atoms with Crippen molar-refractivity contribution in [1.82, 2.24) is 10.6 Å². The van der Waals surface area contributed by atoms with E-state index in [0.29, 0.717) is 6.54 Å². The molecule has 2 amide bonds. The summed E-state index contributed by atoms with van der Waals surface area (Å²) in [5, 5.41) is 5.47. The Labute approximate surface area is 168 Å². The molecule has 0 heterocycles. The molecule has 0 unspecified atom stereocenters. The Bertz CT molecular complexity index is 589. The Kier molecular flexibility index (Phi) is 12.4. The van der Waals surface area contributed by atoms with Gasteiger partial charge in [0.05, 0.1) is 0 Å². The standard InChI is InChI=1S/C22H34N2O4/c1-3-4-5-6-7-11-16-23-22(27)20(24-18(2)25)14-15-21(26)28-17-19-12-9-8-10-13-19/h8-10,12-13,20H,3-7,11,14-17H2,1-2H3,(H,23,27)(H,24,25)/t20-/m1/s1. The molecular weight excluding hydrogens is 356 g/mol. The van der Waals surface area contributed by atoms with Crippen molar-refractivity contribution in [1.29, 1.82) is 0 Å². The van der Waals surface area contributed by atoms with Crippen LogP contribution in [0.2, 0.25) is 0 Å². The minimum Gasteiger partial charge on any atom is -0.461 e. The van der Waals surface area contributed by atoms with Gasteiger partial charge in [0.1, 0.15) is 12.6 Å². The zero-order valence-corrected chi connectivity index (χ0v) is 17.2. The van der Waals surface area contributed by atoms with Gasteiger partial charge in [-0.2, -0.15) is 0 Å². The third-order valence-electron chi connectivity index (χ3n) is 4.40. The number of unbranched alkanes of at least 4 members (excludes halogenated alkanes) is 5. The topological polar surface area (TPSA) is 84.5 Å². The quantitative estimate of drug-likeness (QED) is 0.376. The molecule has 6 nitrogen and oxygen atoms in total. The molecule has 6 heteroatoms. The van der Waals surface area contributed by atoms with Crippen molar-refractivity contribution in [2.45, 2.75) is 77.9 Å². The number of amides is 2. The Morgan fingerprint density at radius 2 is 1.68 bits per heavy atom. The fraction of sp³-hybridized carbons (Fsp3) is 0.591. The molecule has 1 atom stereocenters. The van der Waals surface area contributed by atoms with Crippen LogP contribution in [0.4, 0.5) is 0 Å². The maximum Gasteiger partial charge on any atom is 0.306 e. The van der Waals surface area contributed by atoms with Crippen molar-refractivity contribution < 1.29 is 19.1 Å². The van der Waals surface area contributed by atoms with E-state index in [2.05, 4.69) is 17.6 Å². The average Bonchev–Trinajstić information content (AvgIpc) is 2.69. The SMILES string of the molecule is CCCCCCCCNC(=O)[C@@H](CCC(=O)OCc1ccccc1)NC(C)=O. The number of nitrogens with one attached hydrogen (secondary N) is 2. The summed E-state index contributed by atoms with van der Waals surface area (Å²) in [6.07, 6.45) is 7.15. The fourth-order valence-electron chi connectivity index (χ4n) is 2.83. The molecule has 156 valence electrons. The van der Waals surface area contributed by atoms with E-state index in [0.717, 1.165) is 18.4 Å². The molecule has 0 fully saturated rings. The summed E-state index contributed by atoms with van der Waals surface area (Å²) in [6, 6.07) is 8.69. The van der Waals surface area contributed by atoms with Crippen molar-refractivity contribution >= 4 is 17.8 Å². The second-order valence-corrected chi connectivity index (χ2v) is 7.00. The lowest BCUT2D eigenvalue weighted by atomic mass is 10.1. The molecule has 2 N–H and O–H groups in total. The lowest BCUT2D eigenvalue weighted by Crippen LogP contribution is -2.46. The van der Waals surface area contributed by atoms with Crippen LogP contribution < -0.4 is 10.6 Å². The number of hydrogen-bond acceptors (Lipinski definition) is 4. The van der Waals surface area contributed by atoms with E-state index in [1.54, 1.807) is 0 Å². The highest BCUT2D eigenvalue weighted by Gasteiger charge is 2.20. The molecular formula is C22H34N2O4. The van der Waals surface area contributed by atoms with Crippen LogP contribution in [0, 0.1) is 0 Å². The van der Waals surface area contributed by atoms with Crippen LogP contribution in [0.5, 0.6) is 0 Å². The van der Waals surface area contributed by atoms with Crippen molar-refractivity contribution in [3.8, 4) is 0 Å². The summed E-state index contributed by atoms with van der Waals surface area (Å²) < 4.78 is 5.23. The maximum absolute atomic E-state index is 12.3. The highest BCUT2D eigenvalue weighted by Crippen LogP contribution is 2.06. The Morgan fingerprint density at radius 3 is 2.36 bits per heavy atom. The molecule has 0 saturated heterocycles. The van der Waals surface area contributed by atoms with Gasteiger partial charge in [0.15, 0.2) is 0 Å². The fourth-order valence-corrected chi connectivity index (χ4v) is 2.83. The summed E-state index contributed by atoms with van der Waals surface area (Å²) in [5.74, 6) is -0.931. The highest BCUT2D eigenvalue weighted by atomic mass is 16.5. The summed E-state index contributed by atoms with van der Waals surface area (Å²) in [6.45, 7) is 4.33. The van der Waals surface area contributed by atoms with Crippen LogP contribution in [-0.2, 0) is 25.7 Å². The molecule has 0 aromatic heterocycles. The molecule has 0 aliphatic heterocycles. The van der Waals surface area contributed by atoms with Crippen LogP contribution >= 0.6 is 0 Å². The van der Waals surface area contributed by atoms with E-state index in [-0.39, 0.29) is 37.2 Å². The molecule has 28 heavy (non-hydrogen) atoms. The zero-order chi connectivity index (χ0) is 20.6. The number of hydrogen-bond donors (Lipinski definition) is 2. The molecule has 0 spiro atoms. The number of benzene rings is 1. The predicted octanol–water partition coefficient (Wildman–Crippen LogP) is 3.49. The third kappa shape index (κ3) is 11.4. The van der Waals surface area contributed by atoms with Gasteiger partial charge in [0.2, 0.25) is 11.8 Å². The maximum atomic E-state index is 12.3. The monoisotopic (exact) mass is 390 g/mol. The van der Waals surface area contributed by atoms with Crippen LogP contribution in [0.15, 0.2) is 30.3 Å². The Hall–Kier alpha value is -2.37. The van der Waals surface area contributed by atoms with Crippen molar-refractivity contribution in [3.63, 3.8) is 0 Å². The summed E-state index contributed by atoms with van der Waals surface area (Å²) >= 11 is 0. The van der Waals surface area contributed by atoms with Crippen LogP contribution in [0.1, 0.15) is 70.8 Å². The van der Waals surface area contributed by atoms with E-state index >= 15 is 0 Å². The molecule has 0 aliphatic rings. The van der Waals surface area contributed by atoms with Gasteiger partial charge in [-0.3, -0.25) is 14.4 Å². The van der Waals surface area contributed by atoms with Gasteiger partial charge in [-0.25, -0.2) is 0 Å². The number of carbonyl (C=O) groups is 3. The highest BCUT2D eigenvalue weighted by molar-refractivity contribution is 5.87. The van der Waals surface area contributed by atoms with Crippen molar-refractivity contribution in [2.75, 3.05) is 6.54 Å². The van der Waals surface area contributed by atoms with Gasteiger partial charge in [-0.15, -0.1) is 0 Å². The van der Waals surface area contributed by atoms with E-state index < -0.39 is 6.04 Å². The second kappa shape index (κ2) is 14.7. The largest absolute Gasteiger partial charge is 0.461 e. The Balaban J connectivity index is 2.31. The zero-order valence-electron chi connectivity index (χ0n) is 17.2. The van der Waals surface area contributed by atoms with Crippen LogP contribution in [0.25, 0.3) is 0 Å². The van der Waals surface area contributed by atoms with Gasteiger partial charge in [0.25, 0.3) is 0 Å². The number of rotatable bonds is 14. The van der Waals surface area contributed by atoms with Crippen molar-refractivity contribution in [3.05, 3.63) is 35.9 Å². The van der Waals surface area contributed by atoms with Gasteiger partial charge < -0.3 is 15.4 Å². The first-order valence-corrected chi connectivity index (χ1v) is 10.3. The summed E-state index contributed by atoms with van der Waals surface area (Å²) in [4.78, 5) is 35.7. The minimum absolute atomic E-state index is 0.0716. The summed E-state index contributed by atoms with van der Waals surface area (Å²) in [7, 11) is 0. The second-order valence-electron chi connectivity index (χ2n) is 7.00. The first kappa shape index (κ1) is 23.7. The van der Waals surface area contributed by atoms with Crippen LogP contribution in [-0.4, -0.2) is 30.4 Å². The van der Waals surface area contributed by atoms with Gasteiger partial charge >= 0.3 is 5.97 Å². The lowest BCUT2D eigenvalue weighted by Gasteiger charge is -2.17. The van der Waals surface area contributed by atoms with E-state index in [9.17, 15) is 14.4 Å². The number of esters is 1. The lowest BCUT2D eigenvalue weighted by molar-refractivity contribution is -0.145. The Morgan fingerprint density at radius 1 is 1.00 bits per heavy atom. The van der Waals surface area contributed by atoms with Gasteiger partial charge in [0, 0.05) is 19.9 Å². The molecule has 0 saturated carbocycles. The van der Waals surface area contributed by atoms with Gasteiger partial charge in [-0.05, 0) is 18.4 Å². The van der Waals surface area contributed by atoms with E-state index in [4.69, 9.17) is 4.74 Å². The summed E-state index contributed by atoms with van der Waals surface area (Å²) in [5.41, 5.74) is 0.908. The smallest absolute Gasteiger partial charge is 0.306 e. The normalized spacial score (nSPS) is 11.5. The average molecular weight is 391 g/mol. The van der Waals surface area contributed by atoms with Crippen LogP contribution in [0.3, 0.4) is 0 Å². The van der Waals surface area contributed by atoms with Gasteiger partial charge in [-0.1, -0.05) is 69.4 Å². The van der Waals surface area contributed by atoms with Crippen molar-refractivity contribution in [2.24, 2.45) is 0 Å². The molecule has 0 radical (unpaired) electrons. The minimum atomic E-state index is -0.720. The van der Waals surface area contributed by atoms with E-state index in [1.165, 1.54) is 32.6 Å². The third-order valence-corrected chi connectivity index (χ3v) is 4.40.